The van der Waals surface area contributed by atoms with E-state index in [9.17, 15) is 0 Å². The smallest absolute Gasteiger partial charge is 0.120 e. The van der Waals surface area contributed by atoms with Crippen LogP contribution in [0, 0.1) is 0 Å². The minimum absolute atomic E-state index is 0.312. The Hall–Kier alpha value is -1.61. The van der Waals surface area contributed by atoms with Gasteiger partial charge in [-0.15, -0.1) is 0 Å². The molecule has 2 heterocycles. The van der Waals surface area contributed by atoms with Crippen molar-refractivity contribution in [3.05, 3.63) is 54.2 Å². The molecule has 2 aromatic rings. The molecule has 0 fully saturated rings. The highest BCUT2D eigenvalue weighted by Gasteiger charge is 2.10. The molecule has 90 valence electrons. The molecule has 0 aliphatic heterocycles. The quantitative estimate of drug-likeness (QED) is 0.829. The Labute approximate surface area is 102 Å². The van der Waals surface area contributed by atoms with Gasteiger partial charge in [0.05, 0.1) is 12.3 Å². The van der Waals surface area contributed by atoms with Crippen molar-refractivity contribution in [3.8, 4) is 0 Å². The maximum Gasteiger partial charge on any atom is 0.120 e. The summed E-state index contributed by atoms with van der Waals surface area (Å²) in [5.74, 6) is 1.02. The molecular weight excluding hydrogens is 212 g/mol. The van der Waals surface area contributed by atoms with Crippen molar-refractivity contribution in [1.29, 1.82) is 0 Å². The van der Waals surface area contributed by atoms with Crippen LogP contribution in [0.15, 0.2) is 47.3 Å². The van der Waals surface area contributed by atoms with E-state index in [4.69, 9.17) is 4.42 Å². The Morgan fingerprint density at radius 2 is 2.12 bits per heavy atom. The van der Waals surface area contributed by atoms with Gasteiger partial charge >= 0.3 is 0 Å². The molecule has 0 aliphatic rings. The summed E-state index contributed by atoms with van der Waals surface area (Å²) in [7, 11) is 0. The monoisotopic (exact) mass is 230 g/mol. The summed E-state index contributed by atoms with van der Waals surface area (Å²) in [5, 5.41) is 3.51. The molecule has 1 N–H and O–H groups in total. The molecule has 17 heavy (non-hydrogen) atoms. The van der Waals surface area contributed by atoms with Crippen LogP contribution in [0.4, 0.5) is 0 Å². The molecule has 1 unspecified atom stereocenters. The number of nitrogens with one attached hydrogen (secondary N) is 1. The first-order valence-electron chi connectivity index (χ1n) is 6.06. The highest BCUT2D eigenvalue weighted by atomic mass is 16.3. The second-order valence-electron chi connectivity index (χ2n) is 4.04. The first-order chi connectivity index (χ1) is 8.40. The second kappa shape index (κ2) is 6.21. The van der Waals surface area contributed by atoms with Gasteiger partial charge in [-0.3, -0.25) is 4.98 Å². The molecule has 0 saturated carbocycles. The van der Waals surface area contributed by atoms with Gasteiger partial charge in [0.1, 0.15) is 5.76 Å². The fraction of sp³-hybridized carbons (Fsp3) is 0.357. The number of hydrogen-bond acceptors (Lipinski definition) is 3. The Morgan fingerprint density at radius 1 is 1.29 bits per heavy atom. The molecular formula is C14H18N2O. The van der Waals surface area contributed by atoms with E-state index in [1.165, 1.54) is 5.56 Å². The highest BCUT2D eigenvalue weighted by Crippen LogP contribution is 2.16. The Morgan fingerprint density at radius 3 is 2.76 bits per heavy atom. The van der Waals surface area contributed by atoms with Gasteiger partial charge in [0, 0.05) is 12.4 Å². The third-order valence-corrected chi connectivity index (χ3v) is 2.85. The van der Waals surface area contributed by atoms with Gasteiger partial charge in [0.2, 0.25) is 0 Å². The standard InChI is InChI=1S/C14H18N2O/c1-2-13(14-4-3-11-17-14)16-10-7-12-5-8-15-9-6-12/h3-6,8-9,11,13,16H,2,7,10H2,1H3. The predicted octanol–water partition coefficient (Wildman–Crippen LogP) is 2.96. The van der Waals surface area contributed by atoms with Crippen molar-refractivity contribution in [2.24, 2.45) is 0 Å². The number of rotatable bonds is 6. The summed E-state index contributed by atoms with van der Waals surface area (Å²) in [6.07, 6.45) is 7.43. The van der Waals surface area contributed by atoms with Crippen LogP contribution in [0.25, 0.3) is 0 Å². The topological polar surface area (TPSA) is 38.1 Å². The third-order valence-electron chi connectivity index (χ3n) is 2.85. The summed E-state index contributed by atoms with van der Waals surface area (Å²) in [6, 6.07) is 8.37. The number of furan rings is 1. The number of pyridine rings is 1. The lowest BCUT2D eigenvalue weighted by Gasteiger charge is -2.14. The normalized spacial score (nSPS) is 12.5. The van der Waals surface area contributed by atoms with Crippen molar-refractivity contribution in [2.45, 2.75) is 25.8 Å². The molecule has 0 saturated heterocycles. The van der Waals surface area contributed by atoms with E-state index < -0.39 is 0 Å². The van der Waals surface area contributed by atoms with Crippen LogP contribution in [-0.4, -0.2) is 11.5 Å². The molecule has 3 nitrogen and oxygen atoms in total. The fourth-order valence-electron chi connectivity index (χ4n) is 1.88. The van der Waals surface area contributed by atoms with Gasteiger partial charge in [-0.25, -0.2) is 0 Å². The zero-order valence-electron chi connectivity index (χ0n) is 10.1. The van der Waals surface area contributed by atoms with Crippen molar-refractivity contribution >= 4 is 0 Å². The van der Waals surface area contributed by atoms with Gasteiger partial charge in [-0.05, 0) is 49.2 Å². The molecule has 0 aromatic carbocycles. The van der Waals surface area contributed by atoms with Gasteiger partial charge in [0.25, 0.3) is 0 Å². The van der Waals surface area contributed by atoms with E-state index in [1.807, 2.05) is 24.5 Å². The lowest BCUT2D eigenvalue weighted by molar-refractivity contribution is 0.406. The SMILES string of the molecule is CCC(NCCc1ccncc1)c1ccco1. The maximum absolute atomic E-state index is 5.42. The van der Waals surface area contributed by atoms with Crippen LogP contribution in [0.2, 0.25) is 0 Å². The van der Waals surface area contributed by atoms with Crippen LogP contribution < -0.4 is 5.32 Å². The molecule has 0 bridgehead atoms. The van der Waals surface area contributed by atoms with Crippen molar-refractivity contribution in [1.82, 2.24) is 10.3 Å². The van der Waals surface area contributed by atoms with E-state index >= 15 is 0 Å². The first-order valence-corrected chi connectivity index (χ1v) is 6.06. The molecule has 0 spiro atoms. The Balaban J connectivity index is 1.81. The molecule has 0 radical (unpaired) electrons. The summed E-state index contributed by atoms with van der Waals surface area (Å²) < 4.78 is 5.42. The van der Waals surface area contributed by atoms with Crippen molar-refractivity contribution < 1.29 is 4.42 Å². The lowest BCUT2D eigenvalue weighted by Crippen LogP contribution is -2.22. The third kappa shape index (κ3) is 3.43. The Bertz CT molecular complexity index is 411. The number of hydrogen-bond donors (Lipinski definition) is 1. The van der Waals surface area contributed by atoms with Gasteiger partial charge in [0.15, 0.2) is 0 Å². The average molecular weight is 230 g/mol. The van der Waals surface area contributed by atoms with Gasteiger partial charge in [-0.1, -0.05) is 6.92 Å². The highest BCUT2D eigenvalue weighted by molar-refractivity contribution is 5.10. The second-order valence-corrected chi connectivity index (χ2v) is 4.04. The zero-order chi connectivity index (χ0) is 11.9. The lowest BCUT2D eigenvalue weighted by atomic mass is 10.1. The molecule has 3 heteroatoms. The zero-order valence-corrected chi connectivity index (χ0v) is 10.1. The molecule has 2 aromatic heterocycles. The fourth-order valence-corrected chi connectivity index (χ4v) is 1.88. The average Bonchev–Trinajstić information content (AvgIpc) is 2.90. The molecule has 0 aliphatic carbocycles. The predicted molar refractivity (Wildman–Crippen MR) is 67.7 cm³/mol. The van der Waals surface area contributed by atoms with E-state index in [-0.39, 0.29) is 0 Å². The van der Waals surface area contributed by atoms with Crippen molar-refractivity contribution in [2.75, 3.05) is 6.54 Å². The summed E-state index contributed by atoms with van der Waals surface area (Å²) in [5.41, 5.74) is 1.31. The van der Waals surface area contributed by atoms with Crippen LogP contribution in [0.3, 0.4) is 0 Å². The maximum atomic E-state index is 5.42. The van der Waals surface area contributed by atoms with E-state index in [2.05, 4.69) is 29.4 Å². The largest absolute Gasteiger partial charge is 0.468 e. The Kier molecular flexibility index (Phi) is 4.33. The van der Waals surface area contributed by atoms with E-state index in [0.29, 0.717) is 6.04 Å². The minimum Gasteiger partial charge on any atom is -0.468 e. The van der Waals surface area contributed by atoms with Gasteiger partial charge < -0.3 is 9.73 Å². The van der Waals surface area contributed by atoms with Crippen LogP contribution in [0.5, 0.6) is 0 Å². The molecule has 0 amide bonds. The molecule has 1 atom stereocenters. The summed E-state index contributed by atoms with van der Waals surface area (Å²) in [6.45, 7) is 3.11. The van der Waals surface area contributed by atoms with Crippen LogP contribution in [-0.2, 0) is 6.42 Å². The number of aromatic nitrogens is 1. The summed E-state index contributed by atoms with van der Waals surface area (Å²) in [4.78, 5) is 4.01. The van der Waals surface area contributed by atoms with E-state index in [0.717, 1.165) is 25.1 Å². The van der Waals surface area contributed by atoms with Crippen LogP contribution >= 0.6 is 0 Å². The van der Waals surface area contributed by atoms with Gasteiger partial charge in [-0.2, -0.15) is 0 Å². The van der Waals surface area contributed by atoms with E-state index in [1.54, 1.807) is 6.26 Å². The first kappa shape index (κ1) is 11.9. The van der Waals surface area contributed by atoms with Crippen LogP contribution in [0.1, 0.15) is 30.7 Å². The van der Waals surface area contributed by atoms with Crippen molar-refractivity contribution in [3.63, 3.8) is 0 Å². The number of nitrogens with zero attached hydrogens (tertiary/aromatic N) is 1. The molecule has 2 rings (SSSR count). The summed E-state index contributed by atoms with van der Waals surface area (Å²) >= 11 is 0. The minimum atomic E-state index is 0.312.